The highest BCUT2D eigenvalue weighted by Gasteiger charge is 2.12. The van der Waals surface area contributed by atoms with Crippen LogP contribution < -0.4 is 10.5 Å². The van der Waals surface area contributed by atoms with Crippen LogP contribution in [0.2, 0.25) is 0 Å². The number of hydrogen-bond acceptors (Lipinski definition) is 3. The van der Waals surface area contributed by atoms with Crippen molar-refractivity contribution in [3.63, 3.8) is 0 Å². The van der Waals surface area contributed by atoms with Gasteiger partial charge in [0.25, 0.3) is 0 Å². The molecule has 1 amide bonds. The number of carbonyl (C=O) groups excluding carboxylic acids is 1. The molecule has 1 aromatic carbocycles. The van der Waals surface area contributed by atoms with E-state index >= 15 is 0 Å². The third kappa shape index (κ3) is 2.22. The normalized spacial score (nSPS) is 9.50. The minimum atomic E-state index is -1.16. The van der Waals surface area contributed by atoms with E-state index in [0.717, 1.165) is 5.56 Å². The summed E-state index contributed by atoms with van der Waals surface area (Å²) in [7, 11) is 0. The topological polar surface area (TPSA) is 89.6 Å². The molecule has 0 aliphatic heterocycles. The Morgan fingerprint density at radius 1 is 1.43 bits per heavy atom. The van der Waals surface area contributed by atoms with Gasteiger partial charge in [-0.05, 0) is 19.1 Å². The van der Waals surface area contributed by atoms with Crippen molar-refractivity contribution < 1.29 is 19.4 Å². The van der Waals surface area contributed by atoms with Crippen molar-refractivity contribution in [2.75, 3.05) is 0 Å². The zero-order valence-corrected chi connectivity index (χ0v) is 7.48. The molecule has 0 atom stereocenters. The molecular formula is C9H9NO4. The molecule has 5 heteroatoms. The van der Waals surface area contributed by atoms with Crippen LogP contribution in [0, 0.1) is 6.92 Å². The maximum atomic E-state index is 10.7. The van der Waals surface area contributed by atoms with Crippen molar-refractivity contribution in [3.8, 4) is 5.75 Å². The number of hydrogen-bond donors (Lipinski definition) is 2. The van der Waals surface area contributed by atoms with Crippen molar-refractivity contribution in [3.05, 3.63) is 29.3 Å². The summed E-state index contributed by atoms with van der Waals surface area (Å²) in [6, 6.07) is 4.43. The lowest BCUT2D eigenvalue weighted by atomic mass is 10.1. The van der Waals surface area contributed by atoms with E-state index in [-0.39, 0.29) is 11.3 Å². The number of carbonyl (C=O) groups is 2. The van der Waals surface area contributed by atoms with E-state index < -0.39 is 12.1 Å². The second kappa shape index (κ2) is 3.78. The number of nitrogens with two attached hydrogens (primary N) is 1. The Morgan fingerprint density at radius 3 is 2.57 bits per heavy atom. The van der Waals surface area contributed by atoms with Gasteiger partial charge in [-0.2, -0.15) is 0 Å². The lowest BCUT2D eigenvalue weighted by Crippen LogP contribution is -2.18. The molecule has 1 rings (SSSR count). The van der Waals surface area contributed by atoms with E-state index in [1.807, 2.05) is 0 Å². The van der Waals surface area contributed by atoms with E-state index in [1.54, 1.807) is 13.0 Å². The summed E-state index contributed by atoms with van der Waals surface area (Å²) in [5, 5.41) is 8.77. The average Bonchev–Trinajstić information content (AvgIpc) is 2.07. The first kappa shape index (κ1) is 10.0. The fraction of sp³-hybridized carbons (Fsp3) is 0.111. The molecule has 0 aromatic heterocycles. The Balaban J connectivity index is 3.14. The summed E-state index contributed by atoms with van der Waals surface area (Å²) in [6.07, 6.45) is -1.03. The van der Waals surface area contributed by atoms with Crippen LogP contribution in [0.1, 0.15) is 15.9 Å². The van der Waals surface area contributed by atoms with Crippen LogP contribution in [0.15, 0.2) is 18.2 Å². The Bertz CT molecular complexity index is 386. The molecule has 14 heavy (non-hydrogen) atoms. The summed E-state index contributed by atoms with van der Waals surface area (Å²) in [6.45, 7) is 1.74. The van der Waals surface area contributed by atoms with Crippen LogP contribution >= 0.6 is 0 Å². The number of benzene rings is 1. The number of carboxylic acid groups (broad SMARTS) is 1. The molecule has 0 unspecified atom stereocenters. The number of ether oxygens (including phenoxy) is 1. The molecular weight excluding hydrogens is 186 g/mol. The summed E-state index contributed by atoms with van der Waals surface area (Å²) in [5.41, 5.74) is 5.46. The number of carboxylic acids is 1. The zero-order valence-electron chi connectivity index (χ0n) is 7.48. The molecule has 0 aliphatic rings. The monoisotopic (exact) mass is 195 g/mol. The van der Waals surface area contributed by atoms with Crippen LogP contribution in [0.5, 0.6) is 5.75 Å². The van der Waals surface area contributed by atoms with Gasteiger partial charge < -0.3 is 15.6 Å². The molecule has 5 nitrogen and oxygen atoms in total. The number of rotatable bonds is 2. The Kier molecular flexibility index (Phi) is 2.71. The van der Waals surface area contributed by atoms with E-state index in [4.69, 9.17) is 10.8 Å². The van der Waals surface area contributed by atoms with Crippen molar-refractivity contribution in [1.29, 1.82) is 0 Å². The minimum Gasteiger partial charge on any atom is -0.478 e. The van der Waals surface area contributed by atoms with Gasteiger partial charge in [0.2, 0.25) is 0 Å². The van der Waals surface area contributed by atoms with Gasteiger partial charge in [-0.15, -0.1) is 0 Å². The lowest BCUT2D eigenvalue weighted by molar-refractivity contribution is 0.0694. The molecule has 0 spiro atoms. The fourth-order valence-corrected chi connectivity index (χ4v) is 1.01. The van der Waals surface area contributed by atoms with Crippen molar-refractivity contribution in [2.24, 2.45) is 5.73 Å². The number of aryl methyl sites for hydroxylation is 1. The number of primary amides is 1. The molecule has 74 valence electrons. The van der Waals surface area contributed by atoms with Gasteiger partial charge in [0.1, 0.15) is 11.3 Å². The third-order valence-corrected chi connectivity index (χ3v) is 1.58. The molecule has 0 aliphatic carbocycles. The first-order chi connectivity index (χ1) is 6.50. The first-order valence-corrected chi connectivity index (χ1v) is 3.82. The largest absolute Gasteiger partial charge is 0.478 e. The maximum Gasteiger partial charge on any atom is 0.409 e. The Morgan fingerprint density at radius 2 is 2.07 bits per heavy atom. The Labute approximate surface area is 80.1 Å². The van der Waals surface area contributed by atoms with Crippen LogP contribution in [-0.4, -0.2) is 17.2 Å². The molecule has 0 radical (unpaired) electrons. The predicted molar refractivity (Wildman–Crippen MR) is 48.3 cm³/mol. The van der Waals surface area contributed by atoms with Gasteiger partial charge in [0, 0.05) is 0 Å². The number of amides is 1. The molecule has 0 bridgehead atoms. The highest BCUT2D eigenvalue weighted by Crippen LogP contribution is 2.19. The van der Waals surface area contributed by atoms with Gasteiger partial charge in [-0.25, -0.2) is 9.59 Å². The predicted octanol–water partition coefficient (Wildman–Crippen LogP) is 1.15. The van der Waals surface area contributed by atoms with E-state index in [0.29, 0.717) is 0 Å². The summed E-state index contributed by atoms with van der Waals surface area (Å²) < 4.78 is 4.52. The van der Waals surface area contributed by atoms with Crippen molar-refractivity contribution >= 4 is 12.1 Å². The summed E-state index contributed by atoms with van der Waals surface area (Å²) >= 11 is 0. The van der Waals surface area contributed by atoms with Gasteiger partial charge in [-0.1, -0.05) is 11.6 Å². The van der Waals surface area contributed by atoms with Gasteiger partial charge in [-0.3, -0.25) is 0 Å². The van der Waals surface area contributed by atoms with Gasteiger partial charge in [0.05, 0.1) is 0 Å². The molecule has 0 heterocycles. The molecule has 1 aromatic rings. The zero-order chi connectivity index (χ0) is 10.7. The van der Waals surface area contributed by atoms with Crippen molar-refractivity contribution in [2.45, 2.75) is 6.92 Å². The van der Waals surface area contributed by atoms with Crippen LogP contribution in [-0.2, 0) is 0 Å². The standard InChI is InChI=1S/C9H9NO4/c1-5-2-3-7(14-9(10)13)6(4-5)8(11)12/h2-4H,1H3,(H2,10,13)(H,11,12). The molecule has 0 fully saturated rings. The van der Waals surface area contributed by atoms with Crippen LogP contribution in [0.4, 0.5) is 4.79 Å². The Hall–Kier alpha value is -2.04. The molecule has 0 saturated carbocycles. The summed E-state index contributed by atoms with van der Waals surface area (Å²) in [5.74, 6) is -1.21. The van der Waals surface area contributed by atoms with Crippen molar-refractivity contribution in [1.82, 2.24) is 0 Å². The highest BCUT2D eigenvalue weighted by molar-refractivity contribution is 5.92. The van der Waals surface area contributed by atoms with E-state index in [9.17, 15) is 9.59 Å². The lowest BCUT2D eigenvalue weighted by Gasteiger charge is -2.05. The van der Waals surface area contributed by atoms with E-state index in [2.05, 4.69) is 4.74 Å². The minimum absolute atomic E-state index is 0.0457. The summed E-state index contributed by atoms with van der Waals surface area (Å²) in [4.78, 5) is 21.2. The molecule has 0 saturated heterocycles. The van der Waals surface area contributed by atoms with E-state index in [1.165, 1.54) is 12.1 Å². The van der Waals surface area contributed by atoms with Gasteiger partial charge >= 0.3 is 12.1 Å². The van der Waals surface area contributed by atoms with Gasteiger partial charge in [0.15, 0.2) is 0 Å². The van der Waals surface area contributed by atoms with Crippen LogP contribution in [0.25, 0.3) is 0 Å². The quantitative estimate of drug-likeness (QED) is 0.740. The first-order valence-electron chi connectivity index (χ1n) is 3.82. The second-order valence-electron chi connectivity index (χ2n) is 2.73. The third-order valence-electron chi connectivity index (χ3n) is 1.58. The fourth-order valence-electron chi connectivity index (χ4n) is 1.01. The SMILES string of the molecule is Cc1ccc(OC(N)=O)c(C(=O)O)c1. The maximum absolute atomic E-state index is 10.7. The highest BCUT2D eigenvalue weighted by atomic mass is 16.5. The average molecular weight is 195 g/mol. The van der Waals surface area contributed by atoms with Crippen LogP contribution in [0.3, 0.4) is 0 Å². The molecule has 3 N–H and O–H groups in total. The smallest absolute Gasteiger partial charge is 0.409 e. The number of aromatic carboxylic acids is 1. The second-order valence-corrected chi connectivity index (χ2v) is 2.73.